The Kier molecular flexibility index (Phi) is 8.08. The minimum Gasteiger partial charge on any atom is -0.494 e. The van der Waals surface area contributed by atoms with Crippen molar-refractivity contribution in [3.63, 3.8) is 0 Å². The molecule has 0 bridgehead atoms. The summed E-state index contributed by atoms with van der Waals surface area (Å²) in [5.74, 6) is 1.16. The van der Waals surface area contributed by atoms with Gasteiger partial charge in [-0.2, -0.15) is 0 Å². The number of benzene rings is 2. The zero-order valence-corrected chi connectivity index (χ0v) is 24.5. The van der Waals surface area contributed by atoms with E-state index in [1.54, 1.807) is 46.3 Å². The highest BCUT2D eigenvalue weighted by molar-refractivity contribution is 7.99. The molecule has 5 aromatic rings. The summed E-state index contributed by atoms with van der Waals surface area (Å²) in [4.78, 5) is 39.2. The van der Waals surface area contributed by atoms with E-state index in [1.165, 1.54) is 11.6 Å². The van der Waals surface area contributed by atoms with E-state index in [0.29, 0.717) is 52.0 Å². The molecule has 0 radical (unpaired) electrons. The maximum absolute atomic E-state index is 13.3. The van der Waals surface area contributed by atoms with Crippen LogP contribution < -0.4 is 26.0 Å². The van der Waals surface area contributed by atoms with Crippen LogP contribution in [0.5, 0.6) is 11.5 Å². The third-order valence-corrected chi connectivity index (χ3v) is 7.55. The average molecular weight is 598 g/mol. The number of aryl methyl sites for hydroxylation is 1. The highest BCUT2D eigenvalue weighted by Crippen LogP contribution is 2.30. The van der Waals surface area contributed by atoms with Gasteiger partial charge in [-0.3, -0.25) is 23.3 Å². The van der Waals surface area contributed by atoms with Gasteiger partial charge in [0.05, 0.1) is 31.2 Å². The molecule has 41 heavy (non-hydrogen) atoms. The minimum absolute atomic E-state index is 0.0200. The van der Waals surface area contributed by atoms with E-state index in [9.17, 15) is 14.4 Å². The molecule has 214 valence electrons. The topological polar surface area (TPSA) is 127 Å². The second kappa shape index (κ2) is 11.7. The summed E-state index contributed by atoms with van der Waals surface area (Å²) in [5.41, 5.74) is 1.02. The highest BCUT2D eigenvalue weighted by Gasteiger charge is 2.24. The molecule has 2 aromatic carbocycles. The molecule has 0 aliphatic carbocycles. The van der Waals surface area contributed by atoms with Crippen molar-refractivity contribution < 1.29 is 14.3 Å². The molecule has 14 heteroatoms. The number of thioether (sulfide) groups is 1. The molecular formula is C27H28ClN7O5S. The maximum atomic E-state index is 13.3. The molecule has 5 rings (SSSR count). The van der Waals surface area contributed by atoms with Crippen molar-refractivity contribution in [2.75, 3.05) is 24.3 Å². The van der Waals surface area contributed by atoms with Crippen LogP contribution in [0.15, 0.2) is 57.2 Å². The first kappa shape index (κ1) is 28.3. The molecule has 0 aliphatic rings. The van der Waals surface area contributed by atoms with Gasteiger partial charge in [-0.15, -0.1) is 10.2 Å². The highest BCUT2D eigenvalue weighted by atomic mass is 35.5. The van der Waals surface area contributed by atoms with Crippen molar-refractivity contribution in [3.8, 4) is 11.5 Å². The van der Waals surface area contributed by atoms with E-state index < -0.39 is 11.2 Å². The minimum atomic E-state index is -0.493. The first-order chi connectivity index (χ1) is 19.7. The number of nitrogens with one attached hydrogen (secondary N) is 1. The molecule has 1 N–H and O–H groups in total. The lowest BCUT2D eigenvalue weighted by Gasteiger charge is -2.13. The quantitative estimate of drug-likeness (QED) is 0.243. The van der Waals surface area contributed by atoms with Crippen LogP contribution in [0.2, 0.25) is 5.02 Å². The molecule has 3 heterocycles. The van der Waals surface area contributed by atoms with Crippen molar-refractivity contribution >= 4 is 51.9 Å². The number of hydrogen-bond donors (Lipinski definition) is 1. The molecule has 12 nitrogen and oxygen atoms in total. The second-order valence-electron chi connectivity index (χ2n) is 9.07. The third kappa shape index (κ3) is 5.42. The van der Waals surface area contributed by atoms with Crippen LogP contribution in [-0.2, 0) is 25.4 Å². The number of imidazole rings is 1. The Labute approximate surface area is 243 Å². The fraction of sp³-hybridized carbons (Fsp3) is 0.296. The molecular weight excluding hydrogens is 570 g/mol. The molecule has 0 saturated carbocycles. The van der Waals surface area contributed by atoms with E-state index >= 15 is 0 Å². The molecule has 0 saturated heterocycles. The van der Waals surface area contributed by atoms with Gasteiger partial charge in [0.1, 0.15) is 11.5 Å². The van der Waals surface area contributed by atoms with Gasteiger partial charge in [0.2, 0.25) is 11.7 Å². The molecule has 0 unspecified atom stereocenters. The summed E-state index contributed by atoms with van der Waals surface area (Å²) in [7, 11) is 3.01. The maximum Gasteiger partial charge on any atom is 0.332 e. The number of nitrogens with zero attached hydrogens (tertiary/aromatic N) is 6. The van der Waals surface area contributed by atoms with Crippen LogP contribution in [0.25, 0.3) is 16.9 Å². The number of carbonyl (C=O) groups excluding carboxylic acids is 1. The van der Waals surface area contributed by atoms with Gasteiger partial charge in [0.25, 0.3) is 5.56 Å². The largest absolute Gasteiger partial charge is 0.494 e. The molecule has 1 amide bonds. The SMILES string of the molecule is CCOc1ccc(OCC)c(NC(=O)CSc2nnc3n(Cc4ccc(Cl)cc4)c4c(=O)n(C)c(=O)n(C)c4n23)c1. The average Bonchev–Trinajstić information content (AvgIpc) is 3.51. The van der Waals surface area contributed by atoms with Crippen molar-refractivity contribution in [1.82, 2.24) is 28.3 Å². The molecule has 0 aliphatic heterocycles. The van der Waals surface area contributed by atoms with Gasteiger partial charge in [0, 0.05) is 25.2 Å². The predicted octanol–water partition coefficient (Wildman–Crippen LogP) is 3.31. The molecule has 0 spiro atoms. The Bertz CT molecular complexity index is 1870. The summed E-state index contributed by atoms with van der Waals surface area (Å²) in [5, 5.41) is 12.5. The van der Waals surface area contributed by atoms with Gasteiger partial charge in [-0.25, -0.2) is 9.20 Å². The van der Waals surface area contributed by atoms with Gasteiger partial charge >= 0.3 is 5.69 Å². The zero-order chi connectivity index (χ0) is 29.3. The van der Waals surface area contributed by atoms with E-state index in [0.717, 1.165) is 21.9 Å². The van der Waals surface area contributed by atoms with Gasteiger partial charge in [-0.05, 0) is 43.7 Å². The number of aromatic nitrogens is 6. The fourth-order valence-electron chi connectivity index (χ4n) is 4.51. The normalized spacial score (nSPS) is 11.3. The first-order valence-corrected chi connectivity index (χ1v) is 14.2. The van der Waals surface area contributed by atoms with Crippen LogP contribution in [0.3, 0.4) is 0 Å². The summed E-state index contributed by atoms with van der Waals surface area (Å²) in [6.45, 7) is 4.94. The number of halogens is 1. The van der Waals surface area contributed by atoms with E-state index in [1.807, 2.05) is 26.0 Å². The molecule has 0 atom stereocenters. The number of hydrogen-bond acceptors (Lipinski definition) is 8. The van der Waals surface area contributed by atoms with E-state index in [2.05, 4.69) is 15.5 Å². The first-order valence-electron chi connectivity index (χ1n) is 12.8. The zero-order valence-electron chi connectivity index (χ0n) is 22.9. The summed E-state index contributed by atoms with van der Waals surface area (Å²) >= 11 is 7.18. The summed E-state index contributed by atoms with van der Waals surface area (Å²) in [6.07, 6.45) is 0. The van der Waals surface area contributed by atoms with Crippen LogP contribution in [-0.4, -0.2) is 53.2 Å². The monoisotopic (exact) mass is 597 g/mol. The third-order valence-electron chi connectivity index (χ3n) is 6.37. The van der Waals surface area contributed by atoms with Crippen molar-refractivity contribution in [2.24, 2.45) is 14.1 Å². The van der Waals surface area contributed by atoms with Crippen LogP contribution >= 0.6 is 23.4 Å². The van der Waals surface area contributed by atoms with Crippen LogP contribution in [0.4, 0.5) is 5.69 Å². The lowest BCUT2D eigenvalue weighted by atomic mass is 10.2. The number of fused-ring (bicyclic) bond motifs is 3. The Morgan fingerprint density at radius 1 is 1.00 bits per heavy atom. The Morgan fingerprint density at radius 2 is 1.73 bits per heavy atom. The standard InChI is InChI=1S/C27H28ClN7O5S/c1-5-39-18-11-12-20(40-6-2)19(13-18)29-21(36)15-41-26-31-30-25-34(14-16-7-9-17(28)10-8-16)22-23(35(25)26)32(3)27(38)33(4)24(22)37/h7-13H,5-6,14-15H2,1-4H3,(H,29,36). The van der Waals surface area contributed by atoms with Gasteiger partial charge in [0.15, 0.2) is 16.3 Å². The lowest BCUT2D eigenvalue weighted by Crippen LogP contribution is -2.37. The fourth-order valence-corrected chi connectivity index (χ4v) is 5.36. The van der Waals surface area contributed by atoms with E-state index in [4.69, 9.17) is 21.1 Å². The van der Waals surface area contributed by atoms with Crippen LogP contribution in [0.1, 0.15) is 19.4 Å². The smallest absolute Gasteiger partial charge is 0.332 e. The van der Waals surface area contributed by atoms with Crippen molar-refractivity contribution in [1.29, 1.82) is 0 Å². The molecule has 0 fully saturated rings. The van der Waals surface area contributed by atoms with Gasteiger partial charge < -0.3 is 14.8 Å². The predicted molar refractivity (Wildman–Crippen MR) is 158 cm³/mol. The van der Waals surface area contributed by atoms with Crippen LogP contribution in [0, 0.1) is 0 Å². The number of rotatable bonds is 10. The van der Waals surface area contributed by atoms with Crippen molar-refractivity contribution in [3.05, 3.63) is 73.9 Å². The summed E-state index contributed by atoms with van der Waals surface area (Å²) < 4.78 is 17.0. The summed E-state index contributed by atoms with van der Waals surface area (Å²) in [6, 6.07) is 12.5. The van der Waals surface area contributed by atoms with Crippen molar-refractivity contribution in [2.45, 2.75) is 25.5 Å². The Morgan fingerprint density at radius 3 is 2.44 bits per heavy atom. The van der Waals surface area contributed by atoms with Gasteiger partial charge in [-0.1, -0.05) is 35.5 Å². The second-order valence-corrected chi connectivity index (χ2v) is 10.4. The number of amides is 1. The number of carbonyl (C=O) groups is 1. The number of ether oxygens (including phenoxy) is 2. The Balaban J connectivity index is 1.51. The van der Waals surface area contributed by atoms with E-state index in [-0.39, 0.29) is 23.7 Å². The number of anilines is 1. The Hall–Kier alpha value is -4.23. The molecule has 3 aromatic heterocycles. The lowest BCUT2D eigenvalue weighted by molar-refractivity contribution is -0.113.